The summed E-state index contributed by atoms with van der Waals surface area (Å²) in [6, 6.07) is 9.81. The van der Waals surface area contributed by atoms with Crippen LogP contribution in [0.2, 0.25) is 0 Å². The maximum atomic E-state index is 6.22. The molecule has 0 spiro atoms. The molecule has 0 bridgehead atoms. The predicted molar refractivity (Wildman–Crippen MR) is 81.9 cm³/mol. The lowest BCUT2D eigenvalue weighted by Gasteiger charge is -2.29. The SMILES string of the molecule is CN1Cc2occc2C(Oc2cccc3occc23)C1.Cl. The molecular formula is C16H16ClNO3. The van der Waals surface area contributed by atoms with Crippen LogP contribution in [0.1, 0.15) is 17.4 Å². The Morgan fingerprint density at radius 1 is 1.14 bits per heavy atom. The van der Waals surface area contributed by atoms with Crippen molar-refractivity contribution in [2.24, 2.45) is 0 Å². The van der Waals surface area contributed by atoms with Gasteiger partial charge in [-0.25, -0.2) is 0 Å². The highest BCUT2D eigenvalue weighted by atomic mass is 35.5. The van der Waals surface area contributed by atoms with Gasteiger partial charge in [-0.1, -0.05) is 6.07 Å². The molecule has 0 N–H and O–H groups in total. The van der Waals surface area contributed by atoms with E-state index in [1.807, 2.05) is 30.3 Å². The van der Waals surface area contributed by atoms with Crippen molar-refractivity contribution in [1.82, 2.24) is 4.90 Å². The van der Waals surface area contributed by atoms with E-state index in [0.29, 0.717) is 0 Å². The van der Waals surface area contributed by atoms with E-state index in [1.54, 1.807) is 12.5 Å². The van der Waals surface area contributed by atoms with E-state index in [0.717, 1.165) is 41.1 Å². The second kappa shape index (κ2) is 5.47. The summed E-state index contributed by atoms with van der Waals surface area (Å²) in [5, 5.41) is 1.01. The minimum Gasteiger partial charge on any atom is -0.483 e. The number of hydrogen-bond donors (Lipinski definition) is 0. The average molecular weight is 306 g/mol. The first-order chi connectivity index (χ1) is 9.81. The Kier molecular flexibility index (Phi) is 3.66. The Balaban J connectivity index is 0.00000132. The molecule has 4 nitrogen and oxygen atoms in total. The maximum absolute atomic E-state index is 6.22. The smallest absolute Gasteiger partial charge is 0.140 e. The van der Waals surface area contributed by atoms with Gasteiger partial charge in [-0.3, -0.25) is 4.90 Å². The van der Waals surface area contributed by atoms with Gasteiger partial charge < -0.3 is 13.6 Å². The summed E-state index contributed by atoms with van der Waals surface area (Å²) < 4.78 is 17.2. The number of nitrogens with zero attached hydrogens (tertiary/aromatic N) is 1. The highest BCUT2D eigenvalue weighted by Gasteiger charge is 2.27. The van der Waals surface area contributed by atoms with E-state index in [9.17, 15) is 0 Å². The fourth-order valence-electron chi connectivity index (χ4n) is 2.78. The minimum absolute atomic E-state index is 0. The van der Waals surface area contributed by atoms with Crippen LogP contribution in [0, 0.1) is 0 Å². The zero-order valence-corrected chi connectivity index (χ0v) is 12.4. The van der Waals surface area contributed by atoms with Crippen molar-refractivity contribution in [2.75, 3.05) is 13.6 Å². The second-order valence-corrected chi connectivity index (χ2v) is 5.19. The molecule has 1 atom stereocenters. The van der Waals surface area contributed by atoms with E-state index in [2.05, 4.69) is 11.9 Å². The van der Waals surface area contributed by atoms with E-state index < -0.39 is 0 Å². The van der Waals surface area contributed by atoms with Crippen molar-refractivity contribution >= 4 is 23.4 Å². The normalized spacial score (nSPS) is 18.2. The fraction of sp³-hybridized carbons (Fsp3) is 0.250. The van der Waals surface area contributed by atoms with Crippen molar-refractivity contribution < 1.29 is 13.6 Å². The molecule has 0 radical (unpaired) electrons. The molecule has 1 aliphatic rings. The molecule has 1 aliphatic heterocycles. The van der Waals surface area contributed by atoms with Crippen LogP contribution in [0.5, 0.6) is 5.75 Å². The van der Waals surface area contributed by atoms with Crippen LogP contribution in [0.15, 0.2) is 51.7 Å². The van der Waals surface area contributed by atoms with Crippen LogP contribution in [-0.4, -0.2) is 18.5 Å². The van der Waals surface area contributed by atoms with Crippen molar-refractivity contribution in [3.8, 4) is 5.75 Å². The number of ether oxygens (including phenoxy) is 1. The summed E-state index contributed by atoms with van der Waals surface area (Å²) in [6.45, 7) is 1.68. The Morgan fingerprint density at radius 3 is 2.90 bits per heavy atom. The standard InChI is InChI=1S/C16H15NO3.ClH/c1-17-9-15-12(6-8-19-15)16(10-17)20-14-4-2-3-13-11(14)5-7-18-13;/h2-8,16H,9-10H2,1H3;1H. The summed E-state index contributed by atoms with van der Waals surface area (Å²) in [5.41, 5.74) is 1.99. The largest absolute Gasteiger partial charge is 0.483 e. The number of benzene rings is 1. The van der Waals surface area contributed by atoms with Gasteiger partial charge in [0.2, 0.25) is 0 Å². The summed E-state index contributed by atoms with van der Waals surface area (Å²) >= 11 is 0. The summed E-state index contributed by atoms with van der Waals surface area (Å²) in [4.78, 5) is 2.20. The van der Waals surface area contributed by atoms with Crippen LogP contribution >= 0.6 is 12.4 Å². The van der Waals surface area contributed by atoms with Gasteiger partial charge >= 0.3 is 0 Å². The summed E-state index contributed by atoms with van der Waals surface area (Å²) in [6.07, 6.45) is 3.41. The molecule has 0 fully saturated rings. The lowest BCUT2D eigenvalue weighted by Crippen LogP contribution is -2.32. The first-order valence-electron chi connectivity index (χ1n) is 6.69. The fourth-order valence-corrected chi connectivity index (χ4v) is 2.78. The molecule has 1 aromatic carbocycles. The quantitative estimate of drug-likeness (QED) is 0.717. The molecule has 0 amide bonds. The maximum Gasteiger partial charge on any atom is 0.140 e. The molecule has 0 saturated heterocycles. The van der Waals surface area contributed by atoms with Crippen LogP contribution in [0.3, 0.4) is 0 Å². The Hall–Kier alpha value is -1.91. The Morgan fingerprint density at radius 2 is 2.00 bits per heavy atom. The third kappa shape index (κ3) is 2.41. The topological polar surface area (TPSA) is 38.8 Å². The van der Waals surface area contributed by atoms with E-state index in [4.69, 9.17) is 13.6 Å². The van der Waals surface area contributed by atoms with Gasteiger partial charge in [0, 0.05) is 12.1 Å². The van der Waals surface area contributed by atoms with E-state index >= 15 is 0 Å². The van der Waals surface area contributed by atoms with Crippen LogP contribution in [-0.2, 0) is 6.54 Å². The zero-order valence-electron chi connectivity index (χ0n) is 11.6. The van der Waals surface area contributed by atoms with Crippen LogP contribution < -0.4 is 4.74 Å². The highest BCUT2D eigenvalue weighted by molar-refractivity contribution is 5.85. The molecule has 2 aromatic heterocycles. The molecule has 3 heterocycles. The zero-order chi connectivity index (χ0) is 13.5. The number of furan rings is 2. The van der Waals surface area contributed by atoms with E-state index in [-0.39, 0.29) is 18.5 Å². The summed E-state index contributed by atoms with van der Waals surface area (Å²) in [7, 11) is 2.07. The molecule has 21 heavy (non-hydrogen) atoms. The Labute approximate surface area is 128 Å². The van der Waals surface area contributed by atoms with Gasteiger partial charge in [0.25, 0.3) is 0 Å². The molecule has 0 aliphatic carbocycles. The second-order valence-electron chi connectivity index (χ2n) is 5.19. The van der Waals surface area contributed by atoms with Crippen LogP contribution in [0.25, 0.3) is 11.0 Å². The molecular weight excluding hydrogens is 290 g/mol. The third-order valence-electron chi connectivity index (χ3n) is 3.74. The van der Waals surface area contributed by atoms with Gasteiger partial charge in [-0.05, 0) is 31.3 Å². The molecule has 5 heteroatoms. The highest BCUT2D eigenvalue weighted by Crippen LogP contribution is 2.34. The minimum atomic E-state index is -0.0111. The monoisotopic (exact) mass is 305 g/mol. The number of hydrogen-bond acceptors (Lipinski definition) is 4. The lowest BCUT2D eigenvalue weighted by molar-refractivity contribution is 0.121. The van der Waals surface area contributed by atoms with Crippen molar-refractivity contribution in [1.29, 1.82) is 0 Å². The van der Waals surface area contributed by atoms with E-state index in [1.165, 1.54) is 0 Å². The molecule has 4 rings (SSSR count). The molecule has 110 valence electrons. The molecule has 1 unspecified atom stereocenters. The van der Waals surface area contributed by atoms with Crippen molar-refractivity contribution in [3.05, 3.63) is 54.2 Å². The van der Waals surface area contributed by atoms with Gasteiger partial charge in [0.1, 0.15) is 23.2 Å². The van der Waals surface area contributed by atoms with Crippen LogP contribution in [0.4, 0.5) is 0 Å². The first-order valence-corrected chi connectivity index (χ1v) is 6.69. The van der Waals surface area contributed by atoms with Crippen molar-refractivity contribution in [3.63, 3.8) is 0 Å². The summed E-state index contributed by atoms with van der Waals surface area (Å²) in [5.74, 6) is 1.84. The van der Waals surface area contributed by atoms with Crippen molar-refractivity contribution in [2.45, 2.75) is 12.6 Å². The third-order valence-corrected chi connectivity index (χ3v) is 3.74. The number of fused-ring (bicyclic) bond motifs is 2. The van der Waals surface area contributed by atoms with Gasteiger partial charge in [-0.15, -0.1) is 12.4 Å². The molecule has 3 aromatic rings. The number of halogens is 1. The molecule has 0 saturated carbocycles. The number of rotatable bonds is 2. The van der Waals surface area contributed by atoms with Gasteiger partial charge in [-0.2, -0.15) is 0 Å². The predicted octanol–water partition coefficient (Wildman–Crippen LogP) is 4.01. The average Bonchev–Trinajstić information content (AvgIpc) is 3.06. The number of likely N-dealkylation sites (N-methyl/N-ethyl adjacent to an activating group) is 1. The first kappa shape index (κ1) is 14.0. The lowest BCUT2D eigenvalue weighted by atomic mass is 10.1. The van der Waals surface area contributed by atoms with Gasteiger partial charge in [0.15, 0.2) is 0 Å². The Bertz CT molecular complexity index is 749. The van der Waals surface area contributed by atoms with Gasteiger partial charge in [0.05, 0.1) is 24.5 Å².